The predicted molar refractivity (Wildman–Crippen MR) is 69.4 cm³/mol. The highest BCUT2D eigenvalue weighted by molar-refractivity contribution is 7.17. The van der Waals surface area contributed by atoms with Crippen LogP contribution in [0.1, 0.15) is 6.92 Å². The minimum absolute atomic E-state index is 0.0517. The number of carbonyl (C=O) groups is 1. The van der Waals surface area contributed by atoms with E-state index < -0.39 is 0 Å². The van der Waals surface area contributed by atoms with Gasteiger partial charge < -0.3 is 9.47 Å². The van der Waals surface area contributed by atoms with Crippen molar-refractivity contribution in [3.05, 3.63) is 34.1 Å². The van der Waals surface area contributed by atoms with Gasteiger partial charge in [0, 0.05) is 24.5 Å². The number of hydrogen-bond acceptors (Lipinski definition) is 3. The maximum atomic E-state index is 12.0. The lowest BCUT2D eigenvalue weighted by molar-refractivity contribution is -0.130. The molecular weight excluding hydrogens is 236 g/mol. The lowest BCUT2D eigenvalue weighted by atomic mass is 10.3. The van der Waals surface area contributed by atoms with E-state index in [2.05, 4.69) is 0 Å². The topological polar surface area (TPSA) is 42.3 Å². The van der Waals surface area contributed by atoms with E-state index in [1.807, 2.05) is 18.4 Å². The number of pyridine rings is 1. The van der Waals surface area contributed by atoms with Crippen LogP contribution in [0.3, 0.4) is 0 Å². The minimum atomic E-state index is -0.0957. The summed E-state index contributed by atoms with van der Waals surface area (Å²) in [6.45, 7) is 2.66. The van der Waals surface area contributed by atoms with E-state index in [9.17, 15) is 9.59 Å². The maximum Gasteiger partial charge on any atom is 0.259 e. The highest BCUT2D eigenvalue weighted by Crippen LogP contribution is 2.16. The van der Waals surface area contributed by atoms with Gasteiger partial charge in [-0.05, 0) is 24.4 Å². The highest BCUT2D eigenvalue weighted by atomic mass is 32.1. The van der Waals surface area contributed by atoms with Crippen LogP contribution in [0.2, 0.25) is 0 Å². The van der Waals surface area contributed by atoms with E-state index in [1.165, 1.54) is 15.9 Å². The standard InChI is InChI=1S/C12H14N2O2S/c1-3-13(2)11(15)8-14-6-4-10-9(12(14)16)5-7-17-10/h4-7H,3,8H2,1-2H3. The van der Waals surface area contributed by atoms with Gasteiger partial charge in [-0.3, -0.25) is 9.59 Å². The van der Waals surface area contributed by atoms with E-state index in [-0.39, 0.29) is 18.0 Å². The number of aromatic nitrogens is 1. The molecule has 90 valence electrons. The average Bonchev–Trinajstić information content (AvgIpc) is 2.80. The summed E-state index contributed by atoms with van der Waals surface area (Å²) in [4.78, 5) is 25.4. The summed E-state index contributed by atoms with van der Waals surface area (Å²) in [5, 5.41) is 2.57. The van der Waals surface area contributed by atoms with Crippen LogP contribution in [-0.2, 0) is 11.3 Å². The number of likely N-dealkylation sites (N-methyl/N-ethyl adjacent to an activating group) is 1. The van der Waals surface area contributed by atoms with Gasteiger partial charge in [-0.1, -0.05) is 0 Å². The van der Waals surface area contributed by atoms with Gasteiger partial charge in [0.2, 0.25) is 5.91 Å². The third kappa shape index (κ3) is 2.24. The largest absolute Gasteiger partial charge is 0.344 e. The Kier molecular flexibility index (Phi) is 3.28. The van der Waals surface area contributed by atoms with Crippen LogP contribution >= 0.6 is 11.3 Å². The van der Waals surface area contributed by atoms with E-state index in [1.54, 1.807) is 24.2 Å². The lowest BCUT2D eigenvalue weighted by Gasteiger charge is -2.15. The molecular formula is C12H14N2O2S. The molecule has 0 unspecified atom stereocenters. The molecule has 0 N–H and O–H groups in total. The van der Waals surface area contributed by atoms with Gasteiger partial charge >= 0.3 is 0 Å². The molecule has 0 aliphatic heterocycles. The lowest BCUT2D eigenvalue weighted by Crippen LogP contribution is -2.33. The van der Waals surface area contributed by atoms with Crippen molar-refractivity contribution in [1.29, 1.82) is 0 Å². The Morgan fingerprint density at radius 1 is 1.47 bits per heavy atom. The fraction of sp³-hybridized carbons (Fsp3) is 0.333. The predicted octanol–water partition coefficient (Wildman–Crippen LogP) is 1.54. The Labute approximate surface area is 103 Å². The Bertz CT molecular complexity index is 600. The van der Waals surface area contributed by atoms with E-state index in [0.29, 0.717) is 11.9 Å². The third-order valence-corrected chi connectivity index (χ3v) is 3.68. The van der Waals surface area contributed by atoms with Crippen molar-refractivity contribution in [2.45, 2.75) is 13.5 Å². The molecule has 0 aromatic carbocycles. The smallest absolute Gasteiger partial charge is 0.259 e. The Hall–Kier alpha value is -1.62. The zero-order chi connectivity index (χ0) is 12.4. The zero-order valence-corrected chi connectivity index (χ0v) is 10.7. The number of nitrogens with zero attached hydrogens (tertiary/aromatic N) is 2. The highest BCUT2D eigenvalue weighted by Gasteiger charge is 2.10. The Morgan fingerprint density at radius 2 is 2.24 bits per heavy atom. The normalized spacial score (nSPS) is 10.7. The molecule has 5 heteroatoms. The molecule has 0 saturated heterocycles. The van der Waals surface area contributed by atoms with Crippen molar-refractivity contribution in [3.8, 4) is 0 Å². The first-order valence-corrected chi connectivity index (χ1v) is 6.32. The monoisotopic (exact) mass is 250 g/mol. The summed E-state index contributed by atoms with van der Waals surface area (Å²) in [5.74, 6) is -0.0517. The molecule has 2 aromatic rings. The van der Waals surface area contributed by atoms with Crippen LogP contribution in [0.4, 0.5) is 0 Å². The molecule has 4 nitrogen and oxygen atoms in total. The summed E-state index contributed by atoms with van der Waals surface area (Å²) >= 11 is 1.53. The molecule has 2 rings (SSSR count). The molecule has 1 amide bonds. The molecule has 0 aliphatic rings. The summed E-state index contributed by atoms with van der Waals surface area (Å²) in [5.41, 5.74) is -0.0957. The van der Waals surface area contributed by atoms with Gasteiger partial charge in [-0.25, -0.2) is 0 Å². The summed E-state index contributed by atoms with van der Waals surface area (Å²) in [6.07, 6.45) is 1.68. The number of hydrogen-bond donors (Lipinski definition) is 0. The molecule has 2 aromatic heterocycles. The Balaban J connectivity index is 2.33. The Morgan fingerprint density at radius 3 is 2.94 bits per heavy atom. The van der Waals surface area contributed by atoms with Crippen LogP contribution in [-0.4, -0.2) is 29.0 Å². The van der Waals surface area contributed by atoms with E-state index >= 15 is 0 Å². The minimum Gasteiger partial charge on any atom is -0.344 e. The molecule has 0 fully saturated rings. The van der Waals surface area contributed by atoms with Crippen LogP contribution in [0.15, 0.2) is 28.5 Å². The maximum absolute atomic E-state index is 12.0. The van der Waals surface area contributed by atoms with Gasteiger partial charge in [-0.15, -0.1) is 11.3 Å². The van der Waals surface area contributed by atoms with Crippen LogP contribution in [0.25, 0.3) is 10.1 Å². The van der Waals surface area contributed by atoms with Crippen molar-refractivity contribution < 1.29 is 4.79 Å². The summed E-state index contributed by atoms with van der Waals surface area (Å²) in [6, 6.07) is 3.67. The fourth-order valence-corrected chi connectivity index (χ4v) is 2.35. The van der Waals surface area contributed by atoms with Gasteiger partial charge in [0.25, 0.3) is 5.56 Å². The second-order valence-electron chi connectivity index (χ2n) is 3.86. The number of carbonyl (C=O) groups excluding carboxylic acids is 1. The summed E-state index contributed by atoms with van der Waals surface area (Å²) < 4.78 is 2.42. The number of thiophene rings is 1. The van der Waals surface area contributed by atoms with Crippen LogP contribution in [0.5, 0.6) is 0 Å². The average molecular weight is 250 g/mol. The molecule has 0 bridgehead atoms. The van der Waals surface area contributed by atoms with Crippen molar-refractivity contribution in [2.75, 3.05) is 13.6 Å². The second kappa shape index (κ2) is 4.71. The van der Waals surface area contributed by atoms with Crippen molar-refractivity contribution >= 4 is 27.3 Å². The third-order valence-electron chi connectivity index (χ3n) is 2.80. The van der Waals surface area contributed by atoms with Gasteiger partial charge in [0.1, 0.15) is 6.54 Å². The molecule has 0 radical (unpaired) electrons. The van der Waals surface area contributed by atoms with Gasteiger partial charge in [0.15, 0.2) is 0 Å². The molecule has 17 heavy (non-hydrogen) atoms. The van der Waals surface area contributed by atoms with Gasteiger partial charge in [0.05, 0.1) is 5.39 Å². The second-order valence-corrected chi connectivity index (χ2v) is 4.80. The van der Waals surface area contributed by atoms with Crippen molar-refractivity contribution in [3.63, 3.8) is 0 Å². The molecule has 0 atom stereocenters. The number of amides is 1. The van der Waals surface area contributed by atoms with Gasteiger partial charge in [-0.2, -0.15) is 0 Å². The SMILES string of the molecule is CCN(C)C(=O)Cn1ccc2sccc2c1=O. The van der Waals surface area contributed by atoms with Crippen LogP contribution < -0.4 is 5.56 Å². The fourth-order valence-electron chi connectivity index (χ4n) is 1.57. The first-order valence-electron chi connectivity index (χ1n) is 5.44. The molecule has 2 heterocycles. The van der Waals surface area contributed by atoms with Crippen LogP contribution in [0, 0.1) is 0 Å². The van der Waals surface area contributed by atoms with E-state index in [4.69, 9.17) is 0 Å². The number of rotatable bonds is 3. The molecule has 0 saturated carbocycles. The first kappa shape index (κ1) is 11.9. The molecule has 0 aliphatic carbocycles. The first-order chi connectivity index (χ1) is 8.13. The quantitative estimate of drug-likeness (QED) is 0.829. The van der Waals surface area contributed by atoms with Crippen molar-refractivity contribution in [2.24, 2.45) is 0 Å². The number of fused-ring (bicyclic) bond motifs is 1. The molecule has 0 spiro atoms. The summed E-state index contributed by atoms with van der Waals surface area (Å²) in [7, 11) is 1.73. The zero-order valence-electron chi connectivity index (χ0n) is 9.84. The van der Waals surface area contributed by atoms with E-state index in [0.717, 1.165) is 4.70 Å². The van der Waals surface area contributed by atoms with Crippen molar-refractivity contribution in [1.82, 2.24) is 9.47 Å².